The zero-order valence-corrected chi connectivity index (χ0v) is 10.4. The van der Waals surface area contributed by atoms with Crippen LogP contribution in [-0.4, -0.2) is 10.9 Å². The van der Waals surface area contributed by atoms with E-state index in [1.165, 1.54) is 0 Å². The van der Waals surface area contributed by atoms with Crippen molar-refractivity contribution in [1.82, 2.24) is 4.98 Å². The molecule has 92 valence electrons. The lowest BCUT2D eigenvalue weighted by molar-refractivity contribution is 0.102. The fourth-order valence-electron chi connectivity index (χ4n) is 1.69. The summed E-state index contributed by atoms with van der Waals surface area (Å²) in [6, 6.07) is 8.98. The average Bonchev–Trinajstić information content (AvgIpc) is 2.32. The number of carbonyl (C=O) groups excluding carboxylic acids is 1. The van der Waals surface area contributed by atoms with Gasteiger partial charge in [0.2, 0.25) is 0 Å². The SMILES string of the molecule is Cc1ccnc(NC(=O)c2cccc(N)c2C)c1. The van der Waals surface area contributed by atoms with E-state index in [9.17, 15) is 4.79 Å². The van der Waals surface area contributed by atoms with Gasteiger partial charge >= 0.3 is 0 Å². The Labute approximate surface area is 106 Å². The summed E-state index contributed by atoms with van der Waals surface area (Å²) < 4.78 is 0. The molecule has 3 N–H and O–H groups in total. The lowest BCUT2D eigenvalue weighted by Gasteiger charge is -2.09. The van der Waals surface area contributed by atoms with Crippen LogP contribution in [0.3, 0.4) is 0 Å². The molecular formula is C14H15N3O. The number of rotatable bonds is 2. The van der Waals surface area contributed by atoms with Gasteiger partial charge in [-0.05, 0) is 49.2 Å². The molecule has 4 heteroatoms. The van der Waals surface area contributed by atoms with E-state index < -0.39 is 0 Å². The number of nitrogens with one attached hydrogen (secondary N) is 1. The Morgan fingerprint density at radius 2 is 2.06 bits per heavy atom. The highest BCUT2D eigenvalue weighted by atomic mass is 16.1. The first-order chi connectivity index (χ1) is 8.58. The van der Waals surface area contributed by atoms with Crippen LogP contribution in [0, 0.1) is 13.8 Å². The number of aryl methyl sites for hydroxylation is 1. The number of nitrogens with zero attached hydrogens (tertiary/aromatic N) is 1. The quantitative estimate of drug-likeness (QED) is 0.794. The Kier molecular flexibility index (Phi) is 3.28. The zero-order chi connectivity index (χ0) is 13.1. The first-order valence-corrected chi connectivity index (χ1v) is 5.67. The summed E-state index contributed by atoms with van der Waals surface area (Å²) in [5, 5.41) is 2.76. The van der Waals surface area contributed by atoms with Gasteiger partial charge < -0.3 is 11.1 Å². The Morgan fingerprint density at radius 1 is 1.28 bits per heavy atom. The third-order valence-electron chi connectivity index (χ3n) is 2.78. The van der Waals surface area contributed by atoms with Gasteiger partial charge in [-0.3, -0.25) is 4.79 Å². The van der Waals surface area contributed by atoms with Crippen molar-refractivity contribution in [3.8, 4) is 0 Å². The van der Waals surface area contributed by atoms with Crippen molar-refractivity contribution in [3.05, 3.63) is 53.2 Å². The van der Waals surface area contributed by atoms with Gasteiger partial charge in [0, 0.05) is 17.4 Å². The molecular weight excluding hydrogens is 226 g/mol. The molecule has 18 heavy (non-hydrogen) atoms. The number of carbonyl (C=O) groups is 1. The lowest BCUT2D eigenvalue weighted by atomic mass is 10.1. The van der Waals surface area contributed by atoms with Crippen molar-refractivity contribution in [1.29, 1.82) is 0 Å². The van der Waals surface area contributed by atoms with Gasteiger partial charge in [0.1, 0.15) is 5.82 Å². The number of benzene rings is 1. The molecule has 1 aromatic carbocycles. The van der Waals surface area contributed by atoms with Gasteiger partial charge in [-0.1, -0.05) is 6.07 Å². The third-order valence-corrected chi connectivity index (χ3v) is 2.78. The number of hydrogen-bond donors (Lipinski definition) is 2. The first kappa shape index (κ1) is 12.1. The van der Waals surface area contributed by atoms with E-state index in [1.807, 2.05) is 26.0 Å². The summed E-state index contributed by atoms with van der Waals surface area (Å²) in [4.78, 5) is 16.2. The van der Waals surface area contributed by atoms with E-state index >= 15 is 0 Å². The lowest BCUT2D eigenvalue weighted by Crippen LogP contribution is -2.15. The van der Waals surface area contributed by atoms with Crippen LogP contribution >= 0.6 is 0 Å². The predicted octanol–water partition coefficient (Wildman–Crippen LogP) is 2.53. The molecule has 1 heterocycles. The number of pyridine rings is 1. The fraction of sp³-hybridized carbons (Fsp3) is 0.143. The number of amides is 1. The summed E-state index contributed by atoms with van der Waals surface area (Å²) in [5.41, 5.74) is 8.79. The molecule has 0 saturated carbocycles. The normalized spacial score (nSPS) is 10.1. The molecule has 0 fully saturated rings. The standard InChI is InChI=1S/C14H15N3O/c1-9-6-7-16-13(8-9)17-14(18)11-4-3-5-12(15)10(11)2/h3-8H,15H2,1-2H3,(H,16,17,18). The number of nitrogen functional groups attached to an aromatic ring is 1. The number of nitrogens with two attached hydrogens (primary N) is 1. The molecule has 1 amide bonds. The van der Waals surface area contributed by atoms with Crippen LogP contribution in [0.4, 0.5) is 11.5 Å². The number of anilines is 2. The van der Waals surface area contributed by atoms with Crippen LogP contribution in [0.15, 0.2) is 36.5 Å². The first-order valence-electron chi connectivity index (χ1n) is 5.67. The van der Waals surface area contributed by atoms with Crippen LogP contribution in [0.5, 0.6) is 0 Å². The van der Waals surface area contributed by atoms with Gasteiger partial charge in [0.15, 0.2) is 0 Å². The van der Waals surface area contributed by atoms with Gasteiger partial charge in [0.25, 0.3) is 5.91 Å². The van der Waals surface area contributed by atoms with Crippen molar-refractivity contribution in [2.45, 2.75) is 13.8 Å². The van der Waals surface area contributed by atoms with Crippen LogP contribution in [-0.2, 0) is 0 Å². The summed E-state index contributed by atoms with van der Waals surface area (Å²) in [6.07, 6.45) is 1.66. The fourth-order valence-corrected chi connectivity index (χ4v) is 1.69. The van der Waals surface area contributed by atoms with Gasteiger partial charge in [-0.15, -0.1) is 0 Å². The maximum Gasteiger partial charge on any atom is 0.257 e. The summed E-state index contributed by atoms with van der Waals surface area (Å²) in [6.45, 7) is 3.77. The third kappa shape index (κ3) is 2.48. The van der Waals surface area contributed by atoms with Crippen molar-refractivity contribution in [2.24, 2.45) is 0 Å². The van der Waals surface area contributed by atoms with Crippen molar-refractivity contribution in [2.75, 3.05) is 11.1 Å². The monoisotopic (exact) mass is 241 g/mol. The molecule has 0 aliphatic rings. The van der Waals surface area contributed by atoms with E-state index in [1.54, 1.807) is 24.4 Å². The second kappa shape index (κ2) is 4.87. The molecule has 0 spiro atoms. The van der Waals surface area contributed by atoms with Gasteiger partial charge in [0.05, 0.1) is 0 Å². The molecule has 0 bridgehead atoms. The number of hydrogen-bond acceptors (Lipinski definition) is 3. The minimum absolute atomic E-state index is 0.196. The van der Waals surface area contributed by atoms with E-state index in [4.69, 9.17) is 5.73 Å². The highest BCUT2D eigenvalue weighted by molar-refractivity contribution is 6.05. The summed E-state index contributed by atoms with van der Waals surface area (Å²) in [5.74, 6) is 0.347. The number of aromatic nitrogens is 1. The highest BCUT2D eigenvalue weighted by Gasteiger charge is 2.11. The van der Waals surface area contributed by atoms with Crippen molar-refractivity contribution < 1.29 is 4.79 Å². The van der Waals surface area contributed by atoms with E-state index in [-0.39, 0.29) is 5.91 Å². The maximum absolute atomic E-state index is 12.1. The van der Waals surface area contributed by atoms with Crippen molar-refractivity contribution >= 4 is 17.4 Å². The minimum atomic E-state index is -0.196. The second-order valence-corrected chi connectivity index (χ2v) is 4.19. The van der Waals surface area contributed by atoms with Crippen LogP contribution in [0.2, 0.25) is 0 Å². The second-order valence-electron chi connectivity index (χ2n) is 4.19. The molecule has 2 aromatic rings. The summed E-state index contributed by atoms with van der Waals surface area (Å²) >= 11 is 0. The predicted molar refractivity (Wildman–Crippen MR) is 72.5 cm³/mol. The molecule has 2 rings (SSSR count). The summed E-state index contributed by atoms with van der Waals surface area (Å²) in [7, 11) is 0. The van der Waals surface area contributed by atoms with Gasteiger partial charge in [-0.25, -0.2) is 4.98 Å². The van der Waals surface area contributed by atoms with E-state index in [0.717, 1.165) is 11.1 Å². The van der Waals surface area contributed by atoms with Gasteiger partial charge in [-0.2, -0.15) is 0 Å². The minimum Gasteiger partial charge on any atom is -0.398 e. The van der Waals surface area contributed by atoms with Crippen LogP contribution in [0.1, 0.15) is 21.5 Å². The Hall–Kier alpha value is -2.36. The molecule has 0 radical (unpaired) electrons. The van der Waals surface area contributed by atoms with Crippen molar-refractivity contribution in [3.63, 3.8) is 0 Å². The molecule has 0 atom stereocenters. The van der Waals surface area contributed by atoms with E-state index in [0.29, 0.717) is 17.1 Å². The largest absolute Gasteiger partial charge is 0.398 e. The molecule has 0 saturated heterocycles. The Morgan fingerprint density at radius 3 is 2.78 bits per heavy atom. The maximum atomic E-state index is 12.1. The Balaban J connectivity index is 2.25. The molecule has 4 nitrogen and oxygen atoms in total. The molecule has 0 unspecified atom stereocenters. The van der Waals surface area contributed by atoms with Crippen LogP contribution in [0.25, 0.3) is 0 Å². The van der Waals surface area contributed by atoms with Crippen LogP contribution < -0.4 is 11.1 Å². The van der Waals surface area contributed by atoms with E-state index in [2.05, 4.69) is 10.3 Å². The Bertz CT molecular complexity index is 593. The average molecular weight is 241 g/mol. The molecule has 0 aliphatic carbocycles. The smallest absolute Gasteiger partial charge is 0.257 e. The zero-order valence-electron chi connectivity index (χ0n) is 10.4. The molecule has 1 aromatic heterocycles. The molecule has 0 aliphatic heterocycles. The topological polar surface area (TPSA) is 68.0 Å². The highest BCUT2D eigenvalue weighted by Crippen LogP contribution is 2.17.